The van der Waals surface area contributed by atoms with Crippen molar-refractivity contribution in [2.24, 2.45) is 0 Å². The topological polar surface area (TPSA) is 75.6 Å². The summed E-state index contributed by atoms with van der Waals surface area (Å²) in [6.07, 6.45) is -10.7. The highest BCUT2D eigenvalue weighted by molar-refractivity contribution is 6.29. The Hall–Kier alpha value is -2.37. The van der Waals surface area contributed by atoms with Crippen LogP contribution in [0.5, 0.6) is 0 Å². The minimum absolute atomic E-state index is 0.136. The van der Waals surface area contributed by atoms with Gasteiger partial charge in [-0.15, -0.1) is 0 Å². The SMILES string of the molecule is [2H]C([2H])([2H])C(Nc1nc(NC(C([2H])([2H])[2H])C(F)(F)F)nc(-c2cccc(Cl)n2)n1)C(F)(F)F. The van der Waals surface area contributed by atoms with E-state index < -0.39 is 55.9 Å². The number of nitrogens with one attached hydrogen (secondary N) is 2. The van der Waals surface area contributed by atoms with Crippen LogP contribution in [-0.2, 0) is 0 Å². The summed E-state index contributed by atoms with van der Waals surface area (Å²) in [7, 11) is 0. The number of anilines is 2. The molecule has 2 aromatic rings. The van der Waals surface area contributed by atoms with E-state index in [-0.39, 0.29) is 10.8 Å². The molecule has 0 bridgehead atoms. The summed E-state index contributed by atoms with van der Waals surface area (Å²) in [6.45, 7) is -7.31. The second-order valence-electron chi connectivity index (χ2n) is 4.89. The fourth-order valence-electron chi connectivity index (χ4n) is 1.57. The van der Waals surface area contributed by atoms with Crippen LogP contribution in [0.2, 0.25) is 5.15 Å². The Morgan fingerprint density at radius 1 is 0.889 bits per heavy atom. The molecule has 0 saturated carbocycles. The normalized spacial score (nSPS) is 18.8. The lowest BCUT2D eigenvalue weighted by Gasteiger charge is -2.20. The van der Waals surface area contributed by atoms with E-state index >= 15 is 0 Å². The van der Waals surface area contributed by atoms with Gasteiger partial charge in [-0.1, -0.05) is 17.7 Å². The van der Waals surface area contributed by atoms with Gasteiger partial charge >= 0.3 is 12.4 Å². The van der Waals surface area contributed by atoms with Crippen LogP contribution in [0.4, 0.5) is 38.2 Å². The van der Waals surface area contributed by atoms with E-state index in [2.05, 4.69) is 19.9 Å². The highest BCUT2D eigenvalue weighted by Crippen LogP contribution is 2.26. The first-order valence-electron chi connectivity index (χ1n) is 9.84. The fraction of sp³-hybridized carbons (Fsp3) is 0.429. The zero-order valence-corrected chi connectivity index (χ0v) is 13.6. The smallest absolute Gasteiger partial charge is 0.343 e. The molecular weight excluding hydrogens is 402 g/mol. The summed E-state index contributed by atoms with van der Waals surface area (Å²) in [5.41, 5.74) is -0.231. The second kappa shape index (κ2) is 7.71. The molecular formula is C14H13ClF6N6. The van der Waals surface area contributed by atoms with Gasteiger partial charge in [0.1, 0.15) is 22.9 Å². The van der Waals surface area contributed by atoms with Gasteiger partial charge in [0.15, 0.2) is 5.82 Å². The maximum absolute atomic E-state index is 13.2. The number of rotatable bonds is 5. The number of hydrogen-bond donors (Lipinski definition) is 2. The minimum atomic E-state index is -5.34. The molecule has 2 rings (SSSR count). The standard InChI is InChI=1S/C14H13ClF6N6/c1-6(13(16,17)18)22-11-25-10(8-4-3-5-9(15)24-8)26-12(27-11)23-7(2)14(19,20)21/h3-7H,1-2H3,(H2,22,23,25,26,27)/i1D3,2D3. The zero-order valence-electron chi connectivity index (χ0n) is 18.8. The minimum Gasteiger partial charge on any atom is -0.343 e. The van der Waals surface area contributed by atoms with Crippen molar-refractivity contribution in [3.8, 4) is 11.5 Å². The first-order chi connectivity index (χ1) is 14.8. The largest absolute Gasteiger partial charge is 0.408 e. The van der Waals surface area contributed by atoms with E-state index in [9.17, 15) is 26.3 Å². The molecule has 2 unspecified atom stereocenters. The van der Waals surface area contributed by atoms with Crippen LogP contribution in [0, 0.1) is 0 Å². The van der Waals surface area contributed by atoms with Crippen molar-refractivity contribution in [3.05, 3.63) is 23.4 Å². The van der Waals surface area contributed by atoms with E-state index in [0.29, 0.717) is 0 Å². The van der Waals surface area contributed by atoms with Crippen LogP contribution in [-0.4, -0.2) is 44.4 Å². The molecule has 0 aliphatic rings. The molecule has 2 atom stereocenters. The summed E-state index contributed by atoms with van der Waals surface area (Å²) in [4.78, 5) is 14.2. The van der Waals surface area contributed by atoms with Crippen LogP contribution >= 0.6 is 11.6 Å². The Kier molecular flexibility index (Phi) is 3.92. The lowest BCUT2D eigenvalue weighted by atomic mass is 10.3. The third-order valence-electron chi connectivity index (χ3n) is 2.78. The number of nitrogens with zero attached hydrogens (tertiary/aromatic N) is 4. The van der Waals surface area contributed by atoms with Crippen molar-refractivity contribution >= 4 is 23.5 Å². The fourth-order valence-corrected chi connectivity index (χ4v) is 1.74. The second-order valence-corrected chi connectivity index (χ2v) is 5.28. The molecule has 13 heteroatoms. The number of alkyl halides is 6. The average molecular weight is 421 g/mol. The Bertz CT molecular complexity index is 903. The monoisotopic (exact) mass is 420 g/mol. The van der Waals surface area contributed by atoms with E-state index in [1.165, 1.54) is 28.8 Å². The van der Waals surface area contributed by atoms with Gasteiger partial charge in [0.2, 0.25) is 11.9 Å². The molecule has 0 fully saturated rings. The van der Waals surface area contributed by atoms with E-state index in [0.717, 1.165) is 0 Å². The van der Waals surface area contributed by atoms with Crippen molar-refractivity contribution < 1.29 is 34.6 Å². The molecule has 0 spiro atoms. The highest BCUT2D eigenvalue weighted by atomic mass is 35.5. The molecule has 2 N–H and O–H groups in total. The third-order valence-corrected chi connectivity index (χ3v) is 2.99. The molecule has 0 amide bonds. The van der Waals surface area contributed by atoms with Crippen molar-refractivity contribution in [3.63, 3.8) is 0 Å². The summed E-state index contributed by atoms with van der Waals surface area (Å²) in [5, 5.41) is 2.87. The lowest BCUT2D eigenvalue weighted by molar-refractivity contribution is -0.139. The maximum atomic E-state index is 13.2. The van der Waals surface area contributed by atoms with Crippen molar-refractivity contribution in [2.75, 3.05) is 10.6 Å². The summed E-state index contributed by atoms with van der Waals surface area (Å²) in [5.74, 6) is -2.82. The van der Waals surface area contributed by atoms with Crippen LogP contribution in [0.3, 0.4) is 0 Å². The predicted molar refractivity (Wildman–Crippen MR) is 86.3 cm³/mol. The molecule has 0 radical (unpaired) electrons. The van der Waals surface area contributed by atoms with Crippen LogP contribution in [0.1, 0.15) is 21.9 Å². The number of hydrogen-bond acceptors (Lipinski definition) is 6. The summed E-state index contributed by atoms with van der Waals surface area (Å²) >= 11 is 5.72. The van der Waals surface area contributed by atoms with Crippen LogP contribution in [0.15, 0.2) is 18.2 Å². The summed E-state index contributed by atoms with van der Waals surface area (Å²) in [6, 6.07) is -2.60. The van der Waals surface area contributed by atoms with Gasteiger partial charge < -0.3 is 10.6 Å². The van der Waals surface area contributed by atoms with Crippen molar-refractivity contribution in [1.82, 2.24) is 19.9 Å². The molecule has 27 heavy (non-hydrogen) atoms. The van der Waals surface area contributed by atoms with Gasteiger partial charge in [-0.2, -0.15) is 41.3 Å². The molecule has 0 aliphatic carbocycles. The number of halogens is 7. The molecule has 6 nitrogen and oxygen atoms in total. The molecule has 0 aromatic carbocycles. The van der Waals surface area contributed by atoms with Crippen LogP contribution < -0.4 is 10.6 Å². The zero-order chi connectivity index (χ0) is 25.4. The third kappa shape index (κ3) is 5.81. The van der Waals surface area contributed by atoms with Gasteiger partial charge in [-0.3, -0.25) is 0 Å². The Morgan fingerprint density at radius 3 is 1.81 bits per heavy atom. The lowest BCUT2D eigenvalue weighted by Crippen LogP contribution is -2.35. The van der Waals surface area contributed by atoms with Crippen molar-refractivity contribution in [2.45, 2.75) is 38.1 Å². The van der Waals surface area contributed by atoms with Gasteiger partial charge in [0, 0.05) is 8.22 Å². The summed E-state index contributed by atoms with van der Waals surface area (Å²) < 4.78 is 122. The van der Waals surface area contributed by atoms with E-state index in [4.69, 9.17) is 19.8 Å². The quantitative estimate of drug-likeness (QED) is 0.554. The van der Waals surface area contributed by atoms with Gasteiger partial charge in [-0.25, -0.2) is 4.98 Å². The van der Waals surface area contributed by atoms with E-state index in [1.54, 1.807) is 0 Å². The van der Waals surface area contributed by atoms with E-state index in [1.807, 2.05) is 0 Å². The Balaban J connectivity index is 2.62. The van der Waals surface area contributed by atoms with Crippen LogP contribution in [0.25, 0.3) is 11.5 Å². The average Bonchev–Trinajstić information content (AvgIpc) is 2.60. The molecule has 0 saturated heterocycles. The molecule has 2 aromatic heterocycles. The Morgan fingerprint density at radius 2 is 1.41 bits per heavy atom. The van der Waals surface area contributed by atoms with Gasteiger partial charge in [0.05, 0.1) is 0 Å². The first kappa shape index (κ1) is 13.7. The molecule has 148 valence electrons. The molecule has 0 aliphatic heterocycles. The van der Waals surface area contributed by atoms with Gasteiger partial charge in [-0.05, 0) is 25.8 Å². The van der Waals surface area contributed by atoms with Gasteiger partial charge in [0.25, 0.3) is 0 Å². The van der Waals surface area contributed by atoms with Crippen molar-refractivity contribution in [1.29, 1.82) is 0 Å². The Labute approximate surface area is 162 Å². The first-order valence-corrected chi connectivity index (χ1v) is 7.22. The predicted octanol–water partition coefficient (Wildman–Crippen LogP) is 4.31. The number of aromatic nitrogens is 4. The highest BCUT2D eigenvalue weighted by Gasteiger charge is 2.38. The maximum Gasteiger partial charge on any atom is 0.408 e. The number of pyridine rings is 1. The molecule has 2 heterocycles.